The van der Waals surface area contributed by atoms with Crippen molar-refractivity contribution in [3.05, 3.63) is 23.7 Å². The number of rotatable bonds is 3. The summed E-state index contributed by atoms with van der Waals surface area (Å²) in [5.41, 5.74) is 1.05. The molecule has 0 radical (unpaired) electrons. The van der Waals surface area contributed by atoms with Gasteiger partial charge in [0.05, 0.1) is 12.8 Å². The molecule has 78 valence electrons. The van der Waals surface area contributed by atoms with Gasteiger partial charge in [-0.25, -0.2) is 4.79 Å². The standard InChI is InChI=1S/C10H16N2O2/c1-7(2)12-10(13)11-6-9-8(3)4-5-14-9/h4-5,7H,6H2,1-3H3,(H2,11,12,13). The Morgan fingerprint density at radius 2 is 2.29 bits per heavy atom. The molecule has 0 unspecified atom stereocenters. The molecule has 0 aliphatic heterocycles. The molecule has 0 aliphatic rings. The van der Waals surface area contributed by atoms with E-state index in [0.29, 0.717) is 6.54 Å². The van der Waals surface area contributed by atoms with Crippen molar-refractivity contribution in [3.63, 3.8) is 0 Å². The maximum atomic E-state index is 11.2. The second-order valence-corrected chi connectivity index (χ2v) is 3.51. The Hall–Kier alpha value is -1.45. The number of hydrogen-bond donors (Lipinski definition) is 2. The third-order valence-corrected chi connectivity index (χ3v) is 1.80. The second kappa shape index (κ2) is 4.69. The van der Waals surface area contributed by atoms with Crippen molar-refractivity contribution >= 4 is 6.03 Å². The van der Waals surface area contributed by atoms with Crippen LogP contribution in [0.4, 0.5) is 4.79 Å². The highest BCUT2D eigenvalue weighted by Gasteiger charge is 2.05. The molecule has 0 aliphatic carbocycles. The average molecular weight is 196 g/mol. The van der Waals surface area contributed by atoms with Crippen molar-refractivity contribution < 1.29 is 9.21 Å². The van der Waals surface area contributed by atoms with Gasteiger partial charge in [0.25, 0.3) is 0 Å². The van der Waals surface area contributed by atoms with E-state index in [1.165, 1.54) is 0 Å². The Balaban J connectivity index is 2.34. The van der Waals surface area contributed by atoms with Gasteiger partial charge in [-0.1, -0.05) is 0 Å². The summed E-state index contributed by atoms with van der Waals surface area (Å²) in [7, 11) is 0. The summed E-state index contributed by atoms with van der Waals surface area (Å²) < 4.78 is 5.18. The smallest absolute Gasteiger partial charge is 0.315 e. The van der Waals surface area contributed by atoms with Crippen molar-refractivity contribution in [1.82, 2.24) is 10.6 Å². The highest BCUT2D eigenvalue weighted by molar-refractivity contribution is 5.74. The molecule has 1 aromatic heterocycles. The van der Waals surface area contributed by atoms with E-state index < -0.39 is 0 Å². The first-order valence-electron chi connectivity index (χ1n) is 4.67. The van der Waals surface area contributed by atoms with Gasteiger partial charge in [0.15, 0.2) is 0 Å². The maximum Gasteiger partial charge on any atom is 0.315 e. The Bertz CT molecular complexity index is 305. The molecule has 1 aromatic rings. The number of nitrogens with one attached hydrogen (secondary N) is 2. The SMILES string of the molecule is Cc1ccoc1CNC(=O)NC(C)C. The van der Waals surface area contributed by atoms with Crippen molar-refractivity contribution in [2.45, 2.75) is 33.4 Å². The van der Waals surface area contributed by atoms with Crippen LogP contribution >= 0.6 is 0 Å². The summed E-state index contributed by atoms with van der Waals surface area (Å²) >= 11 is 0. The van der Waals surface area contributed by atoms with Crippen molar-refractivity contribution in [3.8, 4) is 0 Å². The monoisotopic (exact) mass is 196 g/mol. The fourth-order valence-electron chi connectivity index (χ4n) is 1.06. The van der Waals surface area contributed by atoms with Gasteiger partial charge < -0.3 is 15.1 Å². The Labute approximate surface area is 83.7 Å². The van der Waals surface area contributed by atoms with E-state index in [-0.39, 0.29) is 12.1 Å². The number of urea groups is 1. The molecule has 4 heteroatoms. The zero-order valence-corrected chi connectivity index (χ0v) is 8.76. The molecule has 2 amide bonds. The van der Waals surface area contributed by atoms with Crippen LogP contribution in [0.3, 0.4) is 0 Å². The Kier molecular flexibility index (Phi) is 3.56. The topological polar surface area (TPSA) is 54.3 Å². The minimum Gasteiger partial charge on any atom is -0.467 e. The van der Waals surface area contributed by atoms with Gasteiger partial charge in [-0.3, -0.25) is 0 Å². The molecule has 0 saturated heterocycles. The number of hydrogen-bond acceptors (Lipinski definition) is 2. The number of carbonyl (C=O) groups excluding carboxylic acids is 1. The molecule has 1 heterocycles. The maximum absolute atomic E-state index is 11.2. The molecule has 4 nitrogen and oxygen atoms in total. The van der Waals surface area contributed by atoms with Gasteiger partial charge in [0, 0.05) is 6.04 Å². The van der Waals surface area contributed by atoms with E-state index in [2.05, 4.69) is 10.6 Å². The van der Waals surface area contributed by atoms with Gasteiger partial charge in [0.1, 0.15) is 5.76 Å². The predicted molar refractivity (Wildman–Crippen MR) is 54.0 cm³/mol. The number of furan rings is 1. The van der Waals surface area contributed by atoms with Crippen molar-refractivity contribution in [2.24, 2.45) is 0 Å². The van der Waals surface area contributed by atoms with Gasteiger partial charge in [-0.05, 0) is 32.4 Å². The highest BCUT2D eigenvalue weighted by Crippen LogP contribution is 2.07. The van der Waals surface area contributed by atoms with Crippen molar-refractivity contribution in [1.29, 1.82) is 0 Å². The van der Waals surface area contributed by atoms with E-state index in [0.717, 1.165) is 11.3 Å². The summed E-state index contributed by atoms with van der Waals surface area (Å²) in [6, 6.07) is 1.85. The molecule has 14 heavy (non-hydrogen) atoms. The van der Waals surface area contributed by atoms with E-state index in [4.69, 9.17) is 4.42 Å². The third-order valence-electron chi connectivity index (χ3n) is 1.80. The first-order valence-corrected chi connectivity index (χ1v) is 4.67. The zero-order valence-electron chi connectivity index (χ0n) is 8.76. The number of carbonyl (C=O) groups is 1. The van der Waals surface area contributed by atoms with E-state index >= 15 is 0 Å². The average Bonchev–Trinajstić information content (AvgIpc) is 2.46. The lowest BCUT2D eigenvalue weighted by atomic mass is 10.3. The van der Waals surface area contributed by atoms with Crippen LogP contribution in [0.25, 0.3) is 0 Å². The van der Waals surface area contributed by atoms with Gasteiger partial charge in [-0.2, -0.15) is 0 Å². The van der Waals surface area contributed by atoms with Crippen LogP contribution in [-0.2, 0) is 6.54 Å². The summed E-state index contributed by atoms with van der Waals surface area (Å²) in [5.74, 6) is 0.795. The van der Waals surface area contributed by atoms with Gasteiger partial charge in [-0.15, -0.1) is 0 Å². The molecule has 0 fully saturated rings. The van der Waals surface area contributed by atoms with Crippen LogP contribution in [0.2, 0.25) is 0 Å². The Morgan fingerprint density at radius 1 is 1.57 bits per heavy atom. The summed E-state index contributed by atoms with van der Waals surface area (Å²) in [5, 5.41) is 5.45. The lowest BCUT2D eigenvalue weighted by Crippen LogP contribution is -2.39. The van der Waals surface area contributed by atoms with Crippen LogP contribution in [-0.4, -0.2) is 12.1 Å². The van der Waals surface area contributed by atoms with Crippen molar-refractivity contribution in [2.75, 3.05) is 0 Å². The number of amides is 2. The lowest BCUT2D eigenvalue weighted by molar-refractivity contribution is 0.237. The van der Waals surface area contributed by atoms with Crippen LogP contribution in [0.1, 0.15) is 25.2 Å². The highest BCUT2D eigenvalue weighted by atomic mass is 16.3. The minimum absolute atomic E-state index is 0.146. The Morgan fingerprint density at radius 3 is 2.79 bits per heavy atom. The molecule has 0 bridgehead atoms. The van der Waals surface area contributed by atoms with Crippen LogP contribution in [0, 0.1) is 6.92 Å². The second-order valence-electron chi connectivity index (χ2n) is 3.51. The van der Waals surface area contributed by atoms with Gasteiger partial charge >= 0.3 is 6.03 Å². The molecule has 2 N–H and O–H groups in total. The van der Waals surface area contributed by atoms with Crippen LogP contribution in [0.15, 0.2) is 16.7 Å². The van der Waals surface area contributed by atoms with Gasteiger partial charge in [0.2, 0.25) is 0 Å². The molecule has 1 rings (SSSR count). The van der Waals surface area contributed by atoms with Crippen LogP contribution in [0.5, 0.6) is 0 Å². The van der Waals surface area contributed by atoms with E-state index in [1.54, 1.807) is 6.26 Å². The summed E-state index contributed by atoms with van der Waals surface area (Å²) in [4.78, 5) is 11.2. The molecular formula is C10H16N2O2. The predicted octanol–water partition coefficient (Wildman–Crippen LogP) is 1.80. The van der Waals surface area contributed by atoms with Crippen LogP contribution < -0.4 is 10.6 Å². The molecule has 0 atom stereocenters. The first kappa shape index (κ1) is 10.6. The molecule has 0 spiro atoms. The fraction of sp³-hybridized carbons (Fsp3) is 0.500. The minimum atomic E-state index is -0.171. The number of aryl methyl sites for hydroxylation is 1. The zero-order chi connectivity index (χ0) is 10.6. The third kappa shape index (κ3) is 3.12. The molecule has 0 saturated carbocycles. The quantitative estimate of drug-likeness (QED) is 0.774. The normalized spacial score (nSPS) is 10.3. The summed E-state index contributed by atoms with van der Waals surface area (Å²) in [6.07, 6.45) is 1.62. The molecular weight excluding hydrogens is 180 g/mol. The fourth-order valence-corrected chi connectivity index (χ4v) is 1.06. The molecule has 0 aromatic carbocycles. The van der Waals surface area contributed by atoms with E-state index in [9.17, 15) is 4.79 Å². The lowest BCUT2D eigenvalue weighted by Gasteiger charge is -2.09. The van der Waals surface area contributed by atoms with E-state index in [1.807, 2.05) is 26.8 Å². The summed E-state index contributed by atoms with van der Waals surface area (Å²) in [6.45, 7) is 6.20. The largest absolute Gasteiger partial charge is 0.467 e. The first-order chi connectivity index (χ1) is 6.59.